The molecule has 1 fully saturated rings. The first-order valence-electron chi connectivity index (χ1n) is 9.93. The molecule has 1 N–H and O–H groups in total. The van der Waals surface area contributed by atoms with Crippen LogP contribution in [0.3, 0.4) is 0 Å². The van der Waals surface area contributed by atoms with Gasteiger partial charge in [0.2, 0.25) is 10.0 Å². The van der Waals surface area contributed by atoms with Crippen molar-refractivity contribution in [1.82, 2.24) is 9.62 Å². The molecule has 2 aromatic rings. The maximum absolute atomic E-state index is 12.7. The van der Waals surface area contributed by atoms with Crippen LogP contribution in [-0.2, 0) is 10.0 Å². The van der Waals surface area contributed by atoms with Crippen LogP contribution in [0, 0.1) is 5.92 Å². The van der Waals surface area contributed by atoms with Crippen LogP contribution in [-0.4, -0.2) is 45.0 Å². The first-order chi connectivity index (χ1) is 13.8. The van der Waals surface area contributed by atoms with Gasteiger partial charge in [0.25, 0.3) is 5.91 Å². The van der Waals surface area contributed by atoms with Crippen LogP contribution in [0.1, 0.15) is 43.5 Å². The Morgan fingerprint density at radius 3 is 2.48 bits per heavy atom. The fraction of sp³-hybridized carbons (Fsp3) is 0.476. The van der Waals surface area contributed by atoms with Crippen LogP contribution in [0.15, 0.2) is 46.0 Å². The highest BCUT2D eigenvalue weighted by atomic mass is 32.2. The van der Waals surface area contributed by atoms with Gasteiger partial charge in [-0.2, -0.15) is 0 Å². The van der Waals surface area contributed by atoms with E-state index in [1.165, 1.54) is 11.3 Å². The van der Waals surface area contributed by atoms with Gasteiger partial charge in [-0.05, 0) is 60.9 Å². The summed E-state index contributed by atoms with van der Waals surface area (Å²) in [4.78, 5) is 14.5. The second kappa shape index (κ2) is 9.73. The maximum Gasteiger partial charge on any atom is 0.253 e. The Morgan fingerprint density at radius 1 is 1.21 bits per heavy atom. The molecule has 6 nitrogen and oxygen atoms in total. The SMILES string of the molecule is CC(C)CCOc1ccc(C(=O)N2CCC(NS(=O)(=O)c3cccs3)CC2)cc1. The fourth-order valence-electron chi connectivity index (χ4n) is 3.18. The Kier molecular flexibility index (Phi) is 7.32. The number of nitrogens with zero attached hydrogens (tertiary/aromatic N) is 1. The predicted molar refractivity (Wildman–Crippen MR) is 115 cm³/mol. The van der Waals surface area contributed by atoms with Gasteiger partial charge < -0.3 is 9.64 Å². The van der Waals surface area contributed by atoms with Gasteiger partial charge in [0.15, 0.2) is 0 Å². The summed E-state index contributed by atoms with van der Waals surface area (Å²) >= 11 is 1.20. The highest BCUT2D eigenvalue weighted by Crippen LogP contribution is 2.20. The Bertz CT molecular complexity index is 885. The molecule has 1 aliphatic heterocycles. The topological polar surface area (TPSA) is 75.7 Å². The third-order valence-corrected chi connectivity index (χ3v) is 7.85. The number of rotatable bonds is 8. The monoisotopic (exact) mass is 436 g/mol. The van der Waals surface area contributed by atoms with Crippen molar-refractivity contribution in [3.05, 3.63) is 47.3 Å². The molecule has 3 rings (SSSR count). The van der Waals surface area contributed by atoms with Crippen LogP contribution < -0.4 is 9.46 Å². The smallest absolute Gasteiger partial charge is 0.253 e. The molecular weight excluding hydrogens is 408 g/mol. The molecule has 0 atom stereocenters. The van der Waals surface area contributed by atoms with E-state index in [1.54, 1.807) is 34.5 Å². The van der Waals surface area contributed by atoms with Crippen LogP contribution >= 0.6 is 11.3 Å². The summed E-state index contributed by atoms with van der Waals surface area (Å²) in [6, 6.07) is 10.4. The van der Waals surface area contributed by atoms with Gasteiger partial charge in [0.05, 0.1) is 6.61 Å². The highest BCUT2D eigenvalue weighted by Gasteiger charge is 2.27. The van der Waals surface area contributed by atoms with Crippen molar-refractivity contribution in [1.29, 1.82) is 0 Å². The number of hydrogen-bond donors (Lipinski definition) is 1. The summed E-state index contributed by atoms with van der Waals surface area (Å²) in [6.07, 6.45) is 2.20. The van der Waals surface area contributed by atoms with Gasteiger partial charge >= 0.3 is 0 Å². The Hall–Kier alpha value is -1.90. The van der Waals surface area contributed by atoms with Gasteiger partial charge in [-0.1, -0.05) is 19.9 Å². The van der Waals surface area contributed by atoms with E-state index in [2.05, 4.69) is 18.6 Å². The quantitative estimate of drug-likeness (QED) is 0.684. The lowest BCUT2D eigenvalue weighted by Gasteiger charge is -2.32. The van der Waals surface area contributed by atoms with Crippen molar-refractivity contribution in [3.8, 4) is 5.75 Å². The molecule has 1 aromatic carbocycles. The zero-order valence-corrected chi connectivity index (χ0v) is 18.5. The summed E-state index contributed by atoms with van der Waals surface area (Å²) in [5.41, 5.74) is 0.624. The molecule has 0 unspecified atom stereocenters. The number of ether oxygens (including phenoxy) is 1. The van der Waals surface area contributed by atoms with E-state index in [0.29, 0.717) is 48.2 Å². The number of benzene rings is 1. The minimum absolute atomic E-state index is 0.0294. The van der Waals surface area contributed by atoms with Crippen LogP contribution in [0.4, 0.5) is 0 Å². The zero-order chi connectivity index (χ0) is 20.9. The predicted octanol–water partition coefficient (Wildman–Crippen LogP) is 3.76. The van der Waals surface area contributed by atoms with E-state index in [1.807, 2.05) is 12.1 Å². The van der Waals surface area contributed by atoms with E-state index in [0.717, 1.165) is 12.2 Å². The first-order valence-corrected chi connectivity index (χ1v) is 12.3. The number of carbonyl (C=O) groups excluding carboxylic acids is 1. The number of nitrogens with one attached hydrogen (secondary N) is 1. The molecule has 0 radical (unpaired) electrons. The zero-order valence-electron chi connectivity index (χ0n) is 16.8. The number of carbonyl (C=O) groups is 1. The molecule has 0 saturated carbocycles. The van der Waals surface area contributed by atoms with Gasteiger partial charge in [-0.3, -0.25) is 4.79 Å². The standard InChI is InChI=1S/C21H28N2O4S2/c1-16(2)11-14-27-19-7-5-17(6-8-19)21(24)23-12-9-18(10-13-23)22-29(25,26)20-4-3-15-28-20/h3-8,15-16,18,22H,9-14H2,1-2H3. The van der Waals surface area contributed by atoms with Gasteiger partial charge in [-0.25, -0.2) is 13.1 Å². The summed E-state index contributed by atoms with van der Waals surface area (Å²) in [5.74, 6) is 1.33. The summed E-state index contributed by atoms with van der Waals surface area (Å²) in [7, 11) is -3.47. The van der Waals surface area contributed by atoms with Crippen LogP contribution in [0.2, 0.25) is 0 Å². The van der Waals surface area contributed by atoms with E-state index in [9.17, 15) is 13.2 Å². The van der Waals surface area contributed by atoms with Crippen LogP contribution in [0.5, 0.6) is 5.75 Å². The van der Waals surface area contributed by atoms with Gasteiger partial charge in [0.1, 0.15) is 9.96 Å². The minimum Gasteiger partial charge on any atom is -0.494 e. The third kappa shape index (κ3) is 6.04. The summed E-state index contributed by atoms with van der Waals surface area (Å²) in [5, 5.41) is 1.75. The number of sulfonamides is 1. The van der Waals surface area contributed by atoms with E-state index in [-0.39, 0.29) is 11.9 Å². The van der Waals surface area contributed by atoms with Crippen LogP contribution in [0.25, 0.3) is 0 Å². The lowest BCUT2D eigenvalue weighted by atomic mass is 10.0. The van der Waals surface area contributed by atoms with Crippen molar-refractivity contribution in [2.45, 2.75) is 43.4 Å². The first kappa shape index (κ1) is 21.8. The van der Waals surface area contributed by atoms with Crippen molar-refractivity contribution < 1.29 is 17.9 Å². The molecule has 158 valence electrons. The molecule has 1 amide bonds. The Labute approximate surface area is 176 Å². The lowest BCUT2D eigenvalue weighted by Crippen LogP contribution is -2.46. The Morgan fingerprint density at radius 2 is 1.90 bits per heavy atom. The number of thiophene rings is 1. The highest BCUT2D eigenvalue weighted by molar-refractivity contribution is 7.91. The molecule has 0 spiro atoms. The average molecular weight is 437 g/mol. The molecule has 1 aromatic heterocycles. The van der Waals surface area contributed by atoms with Gasteiger partial charge in [-0.15, -0.1) is 11.3 Å². The normalized spacial score (nSPS) is 15.6. The molecule has 0 aliphatic carbocycles. The lowest BCUT2D eigenvalue weighted by molar-refractivity contribution is 0.0711. The van der Waals surface area contributed by atoms with E-state index in [4.69, 9.17) is 4.74 Å². The van der Waals surface area contributed by atoms with E-state index >= 15 is 0 Å². The van der Waals surface area contributed by atoms with Crippen molar-refractivity contribution >= 4 is 27.3 Å². The number of piperidine rings is 1. The van der Waals surface area contributed by atoms with E-state index < -0.39 is 10.0 Å². The molecule has 8 heteroatoms. The van der Waals surface area contributed by atoms with Crippen molar-refractivity contribution in [2.75, 3.05) is 19.7 Å². The molecule has 0 bridgehead atoms. The fourth-order valence-corrected chi connectivity index (χ4v) is 5.50. The molecule has 1 aliphatic rings. The Balaban J connectivity index is 1.49. The number of hydrogen-bond acceptors (Lipinski definition) is 5. The second-order valence-corrected chi connectivity index (χ2v) is 10.6. The number of amides is 1. The van der Waals surface area contributed by atoms with Gasteiger partial charge in [0, 0.05) is 24.7 Å². The summed E-state index contributed by atoms with van der Waals surface area (Å²) < 4.78 is 33.5. The summed E-state index contributed by atoms with van der Waals surface area (Å²) in [6.45, 7) is 6.04. The second-order valence-electron chi connectivity index (χ2n) is 7.68. The molecular formula is C21H28N2O4S2. The molecule has 29 heavy (non-hydrogen) atoms. The largest absolute Gasteiger partial charge is 0.494 e. The maximum atomic E-state index is 12.7. The third-order valence-electron chi connectivity index (χ3n) is 4.93. The number of likely N-dealkylation sites (tertiary alicyclic amines) is 1. The van der Waals surface area contributed by atoms with Crippen molar-refractivity contribution in [3.63, 3.8) is 0 Å². The average Bonchev–Trinajstić information content (AvgIpc) is 3.24. The molecule has 1 saturated heterocycles. The van der Waals surface area contributed by atoms with Crippen molar-refractivity contribution in [2.24, 2.45) is 5.92 Å². The minimum atomic E-state index is -3.47. The molecule has 2 heterocycles.